The molecular weight excluding hydrogens is 268 g/mol. The van der Waals surface area contributed by atoms with Gasteiger partial charge in [-0.15, -0.1) is 0 Å². The molecule has 90 valence electrons. The second-order valence-corrected chi connectivity index (χ2v) is 5.84. The maximum absolute atomic E-state index is 5.74. The smallest absolute Gasteiger partial charge is 0.148 e. The van der Waals surface area contributed by atoms with E-state index in [1.807, 2.05) is 7.05 Å². The van der Waals surface area contributed by atoms with E-state index in [4.69, 9.17) is 5.73 Å². The van der Waals surface area contributed by atoms with Gasteiger partial charge in [0.2, 0.25) is 0 Å². The predicted molar refractivity (Wildman–Crippen MR) is 71.5 cm³/mol. The summed E-state index contributed by atoms with van der Waals surface area (Å²) in [6.45, 7) is 8.77. The molecule has 2 N–H and O–H groups in total. The zero-order valence-corrected chi connectivity index (χ0v) is 12.0. The van der Waals surface area contributed by atoms with E-state index in [9.17, 15) is 0 Å². The molecule has 4 nitrogen and oxygen atoms in total. The third-order valence-corrected chi connectivity index (χ3v) is 3.73. The molecule has 0 amide bonds. The summed E-state index contributed by atoms with van der Waals surface area (Å²) in [5, 5.41) is 0. The van der Waals surface area contributed by atoms with Crippen molar-refractivity contribution in [3.63, 3.8) is 0 Å². The summed E-state index contributed by atoms with van der Waals surface area (Å²) in [6, 6.07) is 0.345. The molecule has 16 heavy (non-hydrogen) atoms. The van der Waals surface area contributed by atoms with Crippen LogP contribution in [0.1, 0.15) is 27.7 Å². The highest BCUT2D eigenvalue weighted by molar-refractivity contribution is 9.10. The Balaban J connectivity index is 3.06. The third-order valence-electron chi connectivity index (χ3n) is 2.97. The Hall–Kier alpha value is -0.840. The Labute approximate surface area is 105 Å². The number of hydrogen-bond acceptors (Lipinski definition) is 4. The van der Waals surface area contributed by atoms with Gasteiger partial charge in [-0.05, 0) is 28.3 Å². The fourth-order valence-corrected chi connectivity index (χ4v) is 1.87. The van der Waals surface area contributed by atoms with Crippen LogP contribution in [0.2, 0.25) is 0 Å². The van der Waals surface area contributed by atoms with Crippen LogP contribution in [0.25, 0.3) is 0 Å². The molecule has 0 saturated heterocycles. The van der Waals surface area contributed by atoms with E-state index < -0.39 is 0 Å². The minimum atomic E-state index is 0.175. The molecule has 1 rings (SSSR count). The lowest BCUT2D eigenvalue weighted by Gasteiger charge is -2.36. The van der Waals surface area contributed by atoms with Gasteiger partial charge in [-0.3, -0.25) is 0 Å². The predicted octanol–water partition coefficient (Wildman–Crippen LogP) is 2.69. The molecule has 1 aromatic rings. The number of rotatable bonds is 2. The molecule has 0 fully saturated rings. The Kier molecular flexibility index (Phi) is 3.78. The molecule has 0 radical (unpaired) electrons. The maximum atomic E-state index is 5.74. The summed E-state index contributed by atoms with van der Waals surface area (Å²) in [5.74, 6) is 1.30. The quantitative estimate of drug-likeness (QED) is 0.908. The summed E-state index contributed by atoms with van der Waals surface area (Å²) in [5.41, 5.74) is 5.92. The van der Waals surface area contributed by atoms with Crippen molar-refractivity contribution in [3.05, 3.63) is 10.8 Å². The van der Waals surface area contributed by atoms with Crippen molar-refractivity contribution in [2.24, 2.45) is 5.41 Å². The lowest BCUT2D eigenvalue weighted by molar-refractivity contribution is 0.328. The standard InChI is InChI=1S/C11H19BrN4/c1-7(11(2,3)4)16(5)10-8(12)9(13)14-6-15-10/h6-7H,1-5H3,(H2,13,14,15). The van der Waals surface area contributed by atoms with Crippen LogP contribution in [0.15, 0.2) is 10.8 Å². The van der Waals surface area contributed by atoms with Crippen LogP contribution < -0.4 is 10.6 Å². The van der Waals surface area contributed by atoms with Crippen molar-refractivity contribution in [2.75, 3.05) is 17.7 Å². The molecular formula is C11H19BrN4. The zero-order valence-electron chi connectivity index (χ0n) is 10.5. The van der Waals surface area contributed by atoms with Crippen LogP contribution in [0.4, 0.5) is 11.6 Å². The summed E-state index contributed by atoms with van der Waals surface area (Å²) in [4.78, 5) is 10.3. The minimum Gasteiger partial charge on any atom is -0.383 e. The molecule has 1 unspecified atom stereocenters. The molecule has 1 aromatic heterocycles. The number of nitrogens with zero attached hydrogens (tertiary/aromatic N) is 3. The van der Waals surface area contributed by atoms with Gasteiger partial charge >= 0.3 is 0 Å². The van der Waals surface area contributed by atoms with E-state index in [1.54, 1.807) is 0 Å². The van der Waals surface area contributed by atoms with E-state index in [2.05, 4.69) is 58.5 Å². The summed E-state index contributed by atoms with van der Waals surface area (Å²) in [7, 11) is 2.02. The molecule has 0 bridgehead atoms. The minimum absolute atomic E-state index is 0.175. The Morgan fingerprint density at radius 3 is 2.44 bits per heavy atom. The van der Waals surface area contributed by atoms with Crippen LogP contribution in [0, 0.1) is 5.41 Å². The molecule has 5 heteroatoms. The monoisotopic (exact) mass is 286 g/mol. The van der Waals surface area contributed by atoms with Crippen molar-refractivity contribution < 1.29 is 0 Å². The highest BCUT2D eigenvalue weighted by Gasteiger charge is 2.26. The number of nitrogen functional groups attached to an aromatic ring is 1. The van der Waals surface area contributed by atoms with Crippen molar-refractivity contribution >= 4 is 27.6 Å². The van der Waals surface area contributed by atoms with E-state index in [0.717, 1.165) is 10.3 Å². The first kappa shape index (κ1) is 13.2. The molecule has 0 aromatic carbocycles. The molecule has 0 spiro atoms. The first-order valence-electron chi connectivity index (χ1n) is 5.24. The average Bonchev–Trinajstić information content (AvgIpc) is 2.18. The van der Waals surface area contributed by atoms with Crippen molar-refractivity contribution in [2.45, 2.75) is 33.7 Å². The van der Waals surface area contributed by atoms with Gasteiger partial charge in [0.1, 0.15) is 22.4 Å². The number of halogens is 1. The van der Waals surface area contributed by atoms with Crippen LogP contribution in [0.3, 0.4) is 0 Å². The van der Waals surface area contributed by atoms with E-state index in [-0.39, 0.29) is 5.41 Å². The molecule has 0 aliphatic carbocycles. The van der Waals surface area contributed by atoms with Crippen LogP contribution in [-0.2, 0) is 0 Å². The van der Waals surface area contributed by atoms with Crippen LogP contribution in [0.5, 0.6) is 0 Å². The summed E-state index contributed by atoms with van der Waals surface area (Å²) >= 11 is 3.42. The Morgan fingerprint density at radius 2 is 1.94 bits per heavy atom. The number of anilines is 2. The highest BCUT2D eigenvalue weighted by atomic mass is 79.9. The number of aromatic nitrogens is 2. The van der Waals surface area contributed by atoms with Crippen LogP contribution >= 0.6 is 15.9 Å². The van der Waals surface area contributed by atoms with Crippen molar-refractivity contribution in [3.8, 4) is 0 Å². The van der Waals surface area contributed by atoms with E-state index in [0.29, 0.717) is 11.9 Å². The van der Waals surface area contributed by atoms with Gasteiger partial charge in [0, 0.05) is 13.1 Å². The van der Waals surface area contributed by atoms with Crippen LogP contribution in [-0.4, -0.2) is 23.1 Å². The molecule has 1 atom stereocenters. The summed E-state index contributed by atoms with van der Waals surface area (Å²) < 4.78 is 0.758. The third kappa shape index (κ3) is 2.64. The maximum Gasteiger partial charge on any atom is 0.148 e. The van der Waals surface area contributed by atoms with Crippen molar-refractivity contribution in [1.29, 1.82) is 0 Å². The first-order valence-corrected chi connectivity index (χ1v) is 6.03. The van der Waals surface area contributed by atoms with E-state index in [1.165, 1.54) is 6.33 Å². The van der Waals surface area contributed by atoms with E-state index >= 15 is 0 Å². The first-order chi connectivity index (χ1) is 7.25. The topological polar surface area (TPSA) is 55.0 Å². The molecule has 1 heterocycles. The molecule has 0 aliphatic heterocycles. The Morgan fingerprint density at radius 1 is 1.38 bits per heavy atom. The molecule has 0 aliphatic rings. The number of hydrogen-bond donors (Lipinski definition) is 1. The SMILES string of the molecule is CC(N(C)c1ncnc(N)c1Br)C(C)(C)C. The second kappa shape index (κ2) is 4.57. The molecule has 0 saturated carbocycles. The largest absolute Gasteiger partial charge is 0.383 e. The lowest BCUT2D eigenvalue weighted by Crippen LogP contribution is -2.40. The van der Waals surface area contributed by atoms with Gasteiger partial charge in [0.25, 0.3) is 0 Å². The van der Waals surface area contributed by atoms with Gasteiger partial charge in [-0.1, -0.05) is 20.8 Å². The zero-order chi connectivity index (χ0) is 12.5. The summed E-state index contributed by atoms with van der Waals surface area (Å²) in [6.07, 6.45) is 1.49. The van der Waals surface area contributed by atoms with Gasteiger partial charge in [-0.2, -0.15) is 0 Å². The van der Waals surface area contributed by atoms with Gasteiger partial charge in [0.15, 0.2) is 0 Å². The van der Waals surface area contributed by atoms with Gasteiger partial charge in [0.05, 0.1) is 0 Å². The highest BCUT2D eigenvalue weighted by Crippen LogP contribution is 2.32. The fourth-order valence-electron chi connectivity index (χ4n) is 1.38. The van der Waals surface area contributed by atoms with Crippen molar-refractivity contribution in [1.82, 2.24) is 9.97 Å². The number of nitrogens with two attached hydrogens (primary N) is 1. The van der Waals surface area contributed by atoms with Gasteiger partial charge in [-0.25, -0.2) is 9.97 Å². The normalized spacial score (nSPS) is 13.6. The second-order valence-electron chi connectivity index (χ2n) is 5.05. The average molecular weight is 287 g/mol. The lowest BCUT2D eigenvalue weighted by atomic mass is 9.87. The van der Waals surface area contributed by atoms with Gasteiger partial charge < -0.3 is 10.6 Å². The fraction of sp³-hybridized carbons (Fsp3) is 0.636. The Bertz CT molecular complexity index is 373.